The Kier molecular flexibility index (Phi) is 3.79. The Morgan fingerprint density at radius 1 is 0.583 bits per heavy atom. The van der Waals surface area contributed by atoms with E-state index in [1.54, 1.807) is 30.3 Å². The van der Waals surface area contributed by atoms with Gasteiger partial charge in [0.1, 0.15) is 22.3 Å². The molecular weight excluding hydrogens is 486 g/mol. The number of hydrogen-bond donors (Lipinski definition) is 0. The monoisotopic (exact) mass is 496 g/mol. The van der Waals surface area contributed by atoms with Gasteiger partial charge in [-0.2, -0.15) is 26.3 Å². The number of rotatable bonds is 0. The lowest BCUT2D eigenvalue weighted by molar-refractivity contribution is -0.137. The molecule has 4 aromatic carbocycles. The number of carbonyl (C=O) groups excluding carboxylic acids is 1. The van der Waals surface area contributed by atoms with Crippen LogP contribution in [0.1, 0.15) is 27.0 Å². The number of furan rings is 2. The molecule has 7 rings (SSSR count). The molecule has 2 aromatic heterocycles. The van der Waals surface area contributed by atoms with E-state index in [4.69, 9.17) is 8.83 Å². The predicted octanol–water partition coefficient (Wildman–Crippen LogP) is 8.73. The topological polar surface area (TPSA) is 43.4 Å². The molecule has 6 aromatic rings. The van der Waals surface area contributed by atoms with Gasteiger partial charge >= 0.3 is 12.4 Å². The van der Waals surface area contributed by atoms with Crippen molar-refractivity contribution in [1.29, 1.82) is 0 Å². The smallest absolute Gasteiger partial charge is 0.420 e. The zero-order valence-corrected chi connectivity index (χ0v) is 17.8. The number of halogens is 6. The minimum atomic E-state index is -4.87. The summed E-state index contributed by atoms with van der Waals surface area (Å²) in [6, 6.07) is 13.7. The van der Waals surface area contributed by atoms with Crippen LogP contribution in [0.15, 0.2) is 69.5 Å². The van der Waals surface area contributed by atoms with Crippen molar-refractivity contribution in [3.8, 4) is 11.1 Å². The lowest BCUT2D eigenvalue weighted by atomic mass is 9.94. The summed E-state index contributed by atoms with van der Waals surface area (Å²) in [6.45, 7) is 0. The Bertz CT molecular complexity index is 1940. The van der Waals surface area contributed by atoms with E-state index in [1.165, 1.54) is 18.2 Å². The number of para-hydroxylation sites is 2. The first-order valence-electron chi connectivity index (χ1n) is 10.7. The van der Waals surface area contributed by atoms with E-state index in [9.17, 15) is 31.1 Å². The minimum absolute atomic E-state index is 0.00374. The highest BCUT2D eigenvalue weighted by atomic mass is 19.4. The lowest BCUT2D eigenvalue weighted by Gasteiger charge is -2.12. The number of hydrogen-bond acceptors (Lipinski definition) is 3. The second-order valence-electron chi connectivity index (χ2n) is 8.62. The molecule has 1 aliphatic rings. The van der Waals surface area contributed by atoms with Crippen molar-refractivity contribution >= 4 is 49.7 Å². The van der Waals surface area contributed by atoms with E-state index >= 15 is 0 Å². The molecule has 0 radical (unpaired) electrons. The minimum Gasteiger partial charge on any atom is -0.455 e. The molecule has 3 nitrogen and oxygen atoms in total. The summed E-state index contributed by atoms with van der Waals surface area (Å²) in [4.78, 5) is 13.4. The second-order valence-corrected chi connectivity index (χ2v) is 8.62. The molecule has 9 heteroatoms. The van der Waals surface area contributed by atoms with Gasteiger partial charge in [-0.1, -0.05) is 36.4 Å². The highest BCUT2D eigenvalue weighted by Crippen LogP contribution is 2.54. The summed E-state index contributed by atoms with van der Waals surface area (Å²) in [7, 11) is 0. The number of carbonyl (C=O) groups is 1. The summed E-state index contributed by atoms with van der Waals surface area (Å²) in [5, 5.41) is 0.241. The fourth-order valence-electron chi connectivity index (χ4n) is 5.25. The number of ketones is 1. The van der Waals surface area contributed by atoms with Crippen LogP contribution in [0.4, 0.5) is 26.3 Å². The molecule has 0 spiro atoms. The molecule has 0 unspecified atom stereocenters. The van der Waals surface area contributed by atoms with Crippen molar-refractivity contribution in [2.45, 2.75) is 12.4 Å². The molecule has 178 valence electrons. The molecular formula is C27H10F6O3. The lowest BCUT2D eigenvalue weighted by Crippen LogP contribution is -2.08. The molecule has 0 N–H and O–H groups in total. The van der Waals surface area contributed by atoms with Crippen LogP contribution < -0.4 is 0 Å². The normalized spacial score (nSPS) is 13.9. The molecule has 1 aliphatic carbocycles. The maximum atomic E-state index is 14.2. The van der Waals surface area contributed by atoms with Gasteiger partial charge in [0.2, 0.25) is 0 Å². The van der Waals surface area contributed by atoms with E-state index < -0.39 is 34.8 Å². The standard InChI is InChI=1S/C27H10F6O3/c28-26(29,30)15-9-14-22(25-19(15)11-5-1-3-7-17(11)36-25)20-13(23(14)34)10-16(27(31,32)33)24-21(20)12-6-2-4-8-18(12)35-24/h1-10H. The summed E-state index contributed by atoms with van der Waals surface area (Å²) >= 11 is 0. The van der Waals surface area contributed by atoms with Gasteiger partial charge in [0.15, 0.2) is 5.78 Å². The van der Waals surface area contributed by atoms with Crippen molar-refractivity contribution in [3.63, 3.8) is 0 Å². The first kappa shape index (κ1) is 21.0. The van der Waals surface area contributed by atoms with Crippen molar-refractivity contribution in [2.24, 2.45) is 0 Å². The van der Waals surface area contributed by atoms with Crippen molar-refractivity contribution in [3.05, 3.63) is 82.9 Å². The van der Waals surface area contributed by atoms with Crippen molar-refractivity contribution in [1.82, 2.24) is 0 Å². The first-order valence-corrected chi connectivity index (χ1v) is 10.7. The van der Waals surface area contributed by atoms with Gasteiger partial charge < -0.3 is 8.83 Å². The molecule has 0 saturated heterocycles. The molecule has 0 aliphatic heterocycles. The summed E-state index contributed by atoms with van der Waals surface area (Å²) in [5.41, 5.74) is -3.27. The Hall–Kier alpha value is -4.27. The van der Waals surface area contributed by atoms with Gasteiger partial charge in [0, 0.05) is 43.8 Å². The molecule has 0 atom stereocenters. The van der Waals surface area contributed by atoms with Gasteiger partial charge in [-0.3, -0.25) is 4.79 Å². The summed E-state index contributed by atoms with van der Waals surface area (Å²) in [5.74, 6) is -0.939. The van der Waals surface area contributed by atoms with E-state index in [0.29, 0.717) is 17.5 Å². The number of alkyl halides is 6. The highest BCUT2D eigenvalue weighted by molar-refractivity contribution is 6.33. The third-order valence-electron chi connectivity index (χ3n) is 6.65. The SMILES string of the molecule is O=C1c2cc(C(F)(F)F)c3c(oc4ccccc43)c2-c2c1cc(C(F)(F)F)c1oc3ccccc3c21. The van der Waals surface area contributed by atoms with Crippen LogP contribution >= 0.6 is 0 Å². The third-order valence-corrected chi connectivity index (χ3v) is 6.65. The van der Waals surface area contributed by atoms with E-state index in [1.807, 2.05) is 0 Å². The number of benzene rings is 4. The van der Waals surface area contributed by atoms with E-state index in [0.717, 1.165) is 0 Å². The van der Waals surface area contributed by atoms with E-state index in [-0.39, 0.29) is 55.2 Å². The second kappa shape index (κ2) is 6.48. The van der Waals surface area contributed by atoms with Crippen LogP contribution in [0.3, 0.4) is 0 Å². The third kappa shape index (κ3) is 2.57. The maximum absolute atomic E-state index is 14.2. The van der Waals surface area contributed by atoms with Crippen LogP contribution in [0, 0.1) is 0 Å². The number of fused-ring (bicyclic) bond motifs is 11. The maximum Gasteiger partial charge on any atom is 0.420 e. The van der Waals surface area contributed by atoms with Crippen molar-refractivity contribution in [2.75, 3.05) is 0 Å². The zero-order valence-electron chi connectivity index (χ0n) is 17.8. The van der Waals surface area contributed by atoms with Crippen LogP contribution in [0.5, 0.6) is 0 Å². The Morgan fingerprint density at radius 2 is 1.08 bits per heavy atom. The van der Waals surface area contributed by atoms with Gasteiger partial charge in [0.05, 0.1) is 11.1 Å². The largest absolute Gasteiger partial charge is 0.455 e. The molecule has 36 heavy (non-hydrogen) atoms. The Balaban J connectivity index is 1.75. The van der Waals surface area contributed by atoms with E-state index in [2.05, 4.69) is 0 Å². The molecule has 0 fully saturated rings. The first-order chi connectivity index (χ1) is 17.1. The molecule has 0 saturated carbocycles. The molecule has 0 amide bonds. The zero-order chi connectivity index (χ0) is 25.1. The van der Waals surface area contributed by atoms with Crippen molar-refractivity contribution < 1.29 is 40.0 Å². The van der Waals surface area contributed by atoms with Gasteiger partial charge in [-0.25, -0.2) is 0 Å². The average molecular weight is 496 g/mol. The van der Waals surface area contributed by atoms with Gasteiger partial charge in [-0.05, 0) is 24.3 Å². The predicted molar refractivity (Wildman–Crippen MR) is 120 cm³/mol. The van der Waals surface area contributed by atoms with Gasteiger partial charge in [0.25, 0.3) is 0 Å². The van der Waals surface area contributed by atoms with Crippen LogP contribution in [-0.4, -0.2) is 5.78 Å². The fourth-order valence-corrected chi connectivity index (χ4v) is 5.25. The van der Waals surface area contributed by atoms with Crippen LogP contribution in [0.2, 0.25) is 0 Å². The molecule has 0 bridgehead atoms. The summed E-state index contributed by atoms with van der Waals surface area (Å²) in [6.07, 6.45) is -9.72. The van der Waals surface area contributed by atoms with Gasteiger partial charge in [-0.15, -0.1) is 0 Å². The highest BCUT2D eigenvalue weighted by Gasteiger charge is 2.44. The Morgan fingerprint density at radius 3 is 1.69 bits per heavy atom. The van der Waals surface area contributed by atoms with Crippen LogP contribution in [0.25, 0.3) is 55.0 Å². The van der Waals surface area contributed by atoms with Crippen LogP contribution in [-0.2, 0) is 12.4 Å². The Labute approximate surface area is 196 Å². The quantitative estimate of drug-likeness (QED) is 0.197. The average Bonchev–Trinajstić information content (AvgIpc) is 3.47. The fraction of sp³-hybridized carbons (Fsp3) is 0.0741. The molecule has 2 heterocycles. The summed E-state index contributed by atoms with van der Waals surface area (Å²) < 4.78 is 96.1.